The third-order valence-corrected chi connectivity index (χ3v) is 6.77. The summed E-state index contributed by atoms with van der Waals surface area (Å²) in [6, 6.07) is 6.80. The second kappa shape index (κ2) is 12.6. The molecular weight excluding hydrogens is 500 g/mol. The number of aliphatic hydroxyl groups excluding tert-OH is 1. The lowest BCUT2D eigenvalue weighted by atomic mass is 10.1. The van der Waals surface area contributed by atoms with Crippen molar-refractivity contribution in [3.8, 4) is 0 Å². The molecule has 2 aromatic heterocycles. The lowest BCUT2D eigenvalue weighted by Crippen LogP contribution is -2.43. The number of carboxylic acid groups (broad SMARTS) is 1. The molecule has 0 saturated carbocycles. The van der Waals surface area contributed by atoms with Gasteiger partial charge in [0, 0.05) is 37.6 Å². The standard InChI is InChI=1S/C24H33ClN8O4/c25-16-3-1-15(2-4-16)5-7-28-8-10-32(9-6-17(26)24(35)36)12-19-18(34)11-20(37-19)33-14-31-21-22(27)29-13-30-23(21)33/h1-4,13-14,17-20,28,34H,5-12,26H2,(H,35,36)(H2,27,29,30)/t17?,18?,19-,20-/m1/s1. The number of halogens is 1. The van der Waals surface area contributed by atoms with E-state index in [0.717, 1.165) is 13.0 Å². The van der Waals surface area contributed by atoms with E-state index in [9.17, 15) is 15.0 Å². The molecule has 1 aliphatic rings. The van der Waals surface area contributed by atoms with Crippen LogP contribution in [0.1, 0.15) is 24.6 Å². The van der Waals surface area contributed by atoms with E-state index in [4.69, 9.17) is 27.8 Å². The summed E-state index contributed by atoms with van der Waals surface area (Å²) in [5.74, 6) is -0.755. The number of aliphatic carboxylic acids is 1. The van der Waals surface area contributed by atoms with Crippen LogP contribution in [0.2, 0.25) is 5.02 Å². The average Bonchev–Trinajstić information content (AvgIpc) is 3.47. The maximum atomic E-state index is 11.2. The Bertz CT molecular complexity index is 1180. The quantitative estimate of drug-likeness (QED) is 0.195. The number of rotatable bonds is 13. The molecule has 13 heteroatoms. The van der Waals surface area contributed by atoms with E-state index >= 15 is 0 Å². The molecular formula is C24H33ClN8O4. The summed E-state index contributed by atoms with van der Waals surface area (Å²) in [4.78, 5) is 25.8. The van der Waals surface area contributed by atoms with Gasteiger partial charge in [-0.05, 0) is 37.1 Å². The van der Waals surface area contributed by atoms with Crippen LogP contribution in [0.25, 0.3) is 11.2 Å². The van der Waals surface area contributed by atoms with Crippen molar-refractivity contribution in [1.82, 2.24) is 29.7 Å². The maximum Gasteiger partial charge on any atom is 0.320 e. The number of ether oxygens (including phenoxy) is 1. The van der Waals surface area contributed by atoms with Gasteiger partial charge in [-0.3, -0.25) is 14.3 Å². The molecule has 37 heavy (non-hydrogen) atoms. The normalized spacial score (nSPS) is 20.6. The highest BCUT2D eigenvalue weighted by Gasteiger charge is 2.37. The summed E-state index contributed by atoms with van der Waals surface area (Å²) < 4.78 is 7.95. The van der Waals surface area contributed by atoms with Crippen LogP contribution in [0, 0.1) is 0 Å². The highest BCUT2D eigenvalue weighted by atomic mass is 35.5. The zero-order valence-corrected chi connectivity index (χ0v) is 21.2. The van der Waals surface area contributed by atoms with Crippen molar-refractivity contribution in [2.24, 2.45) is 5.73 Å². The van der Waals surface area contributed by atoms with E-state index in [1.165, 1.54) is 11.9 Å². The van der Waals surface area contributed by atoms with Crippen LogP contribution in [-0.4, -0.2) is 91.6 Å². The minimum atomic E-state index is -1.04. The number of nitrogen functional groups attached to an aromatic ring is 1. The van der Waals surface area contributed by atoms with E-state index in [2.05, 4.69) is 25.2 Å². The Kier molecular flexibility index (Phi) is 9.24. The van der Waals surface area contributed by atoms with Gasteiger partial charge in [-0.1, -0.05) is 23.7 Å². The summed E-state index contributed by atoms with van der Waals surface area (Å²) >= 11 is 5.94. The number of carbonyl (C=O) groups is 1. The van der Waals surface area contributed by atoms with Gasteiger partial charge in [-0.25, -0.2) is 15.0 Å². The number of anilines is 1. The molecule has 0 bridgehead atoms. The first-order valence-electron chi connectivity index (χ1n) is 12.2. The number of benzene rings is 1. The van der Waals surface area contributed by atoms with Crippen LogP contribution in [0.3, 0.4) is 0 Å². The molecule has 4 atom stereocenters. The molecule has 0 radical (unpaired) electrons. The van der Waals surface area contributed by atoms with Gasteiger partial charge in [-0.15, -0.1) is 0 Å². The predicted molar refractivity (Wildman–Crippen MR) is 139 cm³/mol. The van der Waals surface area contributed by atoms with E-state index in [-0.39, 0.29) is 12.2 Å². The fourth-order valence-electron chi connectivity index (χ4n) is 4.37. The van der Waals surface area contributed by atoms with Gasteiger partial charge in [0.25, 0.3) is 0 Å². The molecule has 0 amide bonds. The minimum Gasteiger partial charge on any atom is -0.480 e. The third kappa shape index (κ3) is 7.12. The number of aromatic nitrogens is 4. The van der Waals surface area contributed by atoms with Crippen molar-refractivity contribution in [2.45, 2.75) is 43.7 Å². The number of hydrogen-bond donors (Lipinski definition) is 5. The second-order valence-electron chi connectivity index (χ2n) is 9.18. The van der Waals surface area contributed by atoms with Crippen LogP contribution >= 0.6 is 11.6 Å². The Morgan fingerprint density at radius 2 is 2.03 bits per heavy atom. The molecule has 1 aliphatic heterocycles. The van der Waals surface area contributed by atoms with E-state index in [1.54, 1.807) is 10.9 Å². The van der Waals surface area contributed by atoms with Gasteiger partial charge in [0.15, 0.2) is 11.5 Å². The van der Waals surface area contributed by atoms with E-state index < -0.39 is 30.4 Å². The third-order valence-electron chi connectivity index (χ3n) is 6.52. The molecule has 0 spiro atoms. The monoisotopic (exact) mass is 532 g/mol. The topological polar surface area (TPSA) is 178 Å². The predicted octanol–water partition coefficient (Wildman–Crippen LogP) is 0.647. The molecule has 3 heterocycles. The number of nitrogens with one attached hydrogen (secondary N) is 1. The summed E-state index contributed by atoms with van der Waals surface area (Å²) in [6.07, 6.45) is 2.82. The Morgan fingerprint density at radius 1 is 1.24 bits per heavy atom. The number of hydrogen-bond acceptors (Lipinski definition) is 10. The van der Waals surface area contributed by atoms with E-state index in [1.807, 2.05) is 24.3 Å². The van der Waals surface area contributed by atoms with Crippen molar-refractivity contribution < 1.29 is 19.7 Å². The molecule has 200 valence electrons. The number of fused-ring (bicyclic) bond motifs is 1. The van der Waals surface area contributed by atoms with Gasteiger partial charge >= 0.3 is 5.97 Å². The lowest BCUT2D eigenvalue weighted by molar-refractivity contribution is -0.138. The van der Waals surface area contributed by atoms with E-state index in [0.29, 0.717) is 48.8 Å². The van der Waals surface area contributed by atoms with Gasteiger partial charge < -0.3 is 31.7 Å². The number of nitrogens with zero attached hydrogens (tertiary/aromatic N) is 5. The summed E-state index contributed by atoms with van der Waals surface area (Å²) in [6.45, 7) is 2.99. The molecule has 4 rings (SSSR count). The second-order valence-corrected chi connectivity index (χ2v) is 9.61. The first-order chi connectivity index (χ1) is 17.8. The molecule has 3 aromatic rings. The van der Waals surface area contributed by atoms with Crippen molar-refractivity contribution in [3.63, 3.8) is 0 Å². The molecule has 7 N–H and O–H groups in total. The number of carboxylic acids is 1. The molecule has 1 aromatic carbocycles. The van der Waals surface area contributed by atoms with Gasteiger partial charge in [0.05, 0.1) is 18.5 Å². The molecule has 1 saturated heterocycles. The van der Waals surface area contributed by atoms with Gasteiger partial charge in [-0.2, -0.15) is 0 Å². The van der Waals surface area contributed by atoms with Crippen LogP contribution < -0.4 is 16.8 Å². The Balaban J connectivity index is 1.33. The highest BCUT2D eigenvalue weighted by Crippen LogP contribution is 2.31. The Morgan fingerprint density at radius 3 is 2.78 bits per heavy atom. The van der Waals surface area contributed by atoms with Crippen LogP contribution in [0.5, 0.6) is 0 Å². The lowest BCUT2D eigenvalue weighted by Gasteiger charge is -2.27. The highest BCUT2D eigenvalue weighted by molar-refractivity contribution is 6.30. The largest absolute Gasteiger partial charge is 0.480 e. The number of aliphatic hydroxyl groups is 1. The summed E-state index contributed by atoms with van der Waals surface area (Å²) in [5.41, 5.74) is 13.8. The molecule has 0 aliphatic carbocycles. The van der Waals surface area contributed by atoms with Crippen LogP contribution in [0.15, 0.2) is 36.9 Å². The first kappa shape index (κ1) is 27.2. The molecule has 1 fully saturated rings. The molecule has 2 unspecified atom stereocenters. The smallest absolute Gasteiger partial charge is 0.320 e. The van der Waals surface area contributed by atoms with Crippen LogP contribution in [0.4, 0.5) is 5.82 Å². The first-order valence-corrected chi connectivity index (χ1v) is 12.6. The fourth-order valence-corrected chi connectivity index (χ4v) is 4.50. The summed E-state index contributed by atoms with van der Waals surface area (Å²) in [7, 11) is 0. The number of nitrogens with two attached hydrogens (primary N) is 2. The summed E-state index contributed by atoms with van der Waals surface area (Å²) in [5, 5.41) is 24.1. The van der Waals surface area contributed by atoms with Crippen molar-refractivity contribution in [3.05, 3.63) is 47.5 Å². The maximum absolute atomic E-state index is 11.2. The Hall–Kier alpha value is -2.87. The van der Waals surface area contributed by atoms with Gasteiger partial charge in [0.2, 0.25) is 0 Å². The average molecular weight is 533 g/mol. The zero-order valence-electron chi connectivity index (χ0n) is 20.4. The van der Waals surface area contributed by atoms with Gasteiger partial charge in [0.1, 0.15) is 24.1 Å². The fraction of sp³-hybridized carbons (Fsp3) is 0.500. The SMILES string of the molecule is Nc1ncnc2c1ncn2[C@H]1CC(O)[C@@H](CN(CCNCCc2ccc(Cl)cc2)CCC(N)C(=O)O)O1. The van der Waals surface area contributed by atoms with Crippen molar-refractivity contribution in [2.75, 3.05) is 38.5 Å². The Labute approximate surface area is 219 Å². The van der Waals surface area contributed by atoms with Crippen LogP contribution in [-0.2, 0) is 16.0 Å². The van der Waals surface area contributed by atoms with Crippen molar-refractivity contribution in [1.29, 1.82) is 0 Å². The van der Waals surface area contributed by atoms with Crippen molar-refractivity contribution >= 4 is 34.6 Å². The number of imidazole rings is 1. The molecule has 12 nitrogen and oxygen atoms in total. The minimum absolute atomic E-state index is 0.281. The zero-order chi connectivity index (χ0) is 26.4.